The third kappa shape index (κ3) is 5.98. The lowest BCUT2D eigenvalue weighted by Gasteiger charge is -2.30. The summed E-state index contributed by atoms with van der Waals surface area (Å²) < 4.78 is 54.7. The fourth-order valence-corrected chi connectivity index (χ4v) is 4.97. The van der Waals surface area contributed by atoms with Gasteiger partial charge in [-0.05, 0) is 56.2 Å². The Hall–Kier alpha value is -2.59. The van der Waals surface area contributed by atoms with E-state index in [1.807, 2.05) is 6.92 Å². The van der Waals surface area contributed by atoms with E-state index < -0.39 is 37.9 Å². The van der Waals surface area contributed by atoms with Gasteiger partial charge in [-0.3, -0.25) is 9.10 Å². The molecular formula is C21H28N2O6S2. The molecule has 31 heavy (non-hydrogen) atoms. The Morgan fingerprint density at radius 1 is 1.00 bits per heavy atom. The molecule has 0 aliphatic carbocycles. The summed E-state index contributed by atoms with van der Waals surface area (Å²) in [4.78, 5) is 13.1. The first-order valence-electron chi connectivity index (χ1n) is 9.50. The van der Waals surface area contributed by atoms with E-state index in [1.54, 1.807) is 37.3 Å². The molecule has 1 amide bonds. The number of sulfone groups is 1. The molecule has 0 radical (unpaired) electrons. The molecule has 170 valence electrons. The van der Waals surface area contributed by atoms with Crippen molar-refractivity contribution in [2.45, 2.75) is 37.8 Å². The molecule has 0 bridgehead atoms. The Balaban J connectivity index is 2.31. The predicted octanol–water partition coefficient (Wildman–Crippen LogP) is 2.44. The molecule has 0 saturated heterocycles. The zero-order valence-electron chi connectivity index (χ0n) is 18.4. The van der Waals surface area contributed by atoms with Crippen LogP contribution in [0.4, 0.5) is 5.69 Å². The Kier molecular flexibility index (Phi) is 7.38. The molecule has 0 aromatic heterocycles. The minimum atomic E-state index is -3.81. The van der Waals surface area contributed by atoms with Crippen LogP contribution in [-0.4, -0.2) is 48.4 Å². The van der Waals surface area contributed by atoms with Crippen LogP contribution in [0.5, 0.6) is 5.75 Å². The summed E-state index contributed by atoms with van der Waals surface area (Å²) in [6.45, 7) is 5.05. The third-order valence-corrected chi connectivity index (χ3v) is 7.18. The van der Waals surface area contributed by atoms with Gasteiger partial charge in [0.25, 0.3) is 0 Å². The monoisotopic (exact) mass is 468 g/mol. The largest absolute Gasteiger partial charge is 0.495 e. The van der Waals surface area contributed by atoms with E-state index in [1.165, 1.54) is 26.2 Å². The van der Waals surface area contributed by atoms with Crippen LogP contribution in [0.2, 0.25) is 0 Å². The van der Waals surface area contributed by atoms with Gasteiger partial charge in [0, 0.05) is 6.26 Å². The van der Waals surface area contributed by atoms with Gasteiger partial charge < -0.3 is 10.1 Å². The van der Waals surface area contributed by atoms with Gasteiger partial charge in [0.15, 0.2) is 9.84 Å². The molecule has 0 fully saturated rings. The predicted molar refractivity (Wildman–Crippen MR) is 121 cm³/mol. The number of carbonyl (C=O) groups is 1. The Bertz CT molecular complexity index is 1160. The maximum absolute atomic E-state index is 12.9. The topological polar surface area (TPSA) is 110 Å². The molecule has 0 saturated carbocycles. The zero-order valence-corrected chi connectivity index (χ0v) is 20.0. The molecule has 0 unspecified atom stereocenters. The van der Waals surface area contributed by atoms with Crippen molar-refractivity contribution in [2.24, 2.45) is 0 Å². The fourth-order valence-electron chi connectivity index (χ4n) is 3.17. The summed E-state index contributed by atoms with van der Waals surface area (Å²) in [6, 6.07) is 9.74. The molecule has 2 rings (SSSR count). The average molecular weight is 469 g/mol. The highest BCUT2D eigenvalue weighted by molar-refractivity contribution is 7.92. The van der Waals surface area contributed by atoms with E-state index in [9.17, 15) is 21.6 Å². The van der Waals surface area contributed by atoms with Crippen LogP contribution in [0, 0.1) is 6.92 Å². The van der Waals surface area contributed by atoms with Gasteiger partial charge in [0.1, 0.15) is 11.8 Å². The summed E-state index contributed by atoms with van der Waals surface area (Å²) in [5, 5.41) is 2.79. The number of benzene rings is 2. The molecule has 0 spiro atoms. The van der Waals surface area contributed by atoms with E-state index >= 15 is 0 Å². The summed E-state index contributed by atoms with van der Waals surface area (Å²) in [6.07, 6.45) is 2.15. The molecule has 10 heteroatoms. The van der Waals surface area contributed by atoms with Crippen LogP contribution >= 0.6 is 0 Å². The minimum Gasteiger partial charge on any atom is -0.495 e. The molecule has 0 aliphatic heterocycles. The number of amides is 1. The number of methoxy groups -OCH3 is 1. The lowest BCUT2D eigenvalue weighted by atomic mass is 10.1. The second kappa shape index (κ2) is 9.27. The van der Waals surface area contributed by atoms with Gasteiger partial charge in [0.05, 0.1) is 30.0 Å². The van der Waals surface area contributed by atoms with Crippen molar-refractivity contribution in [3.05, 3.63) is 53.6 Å². The van der Waals surface area contributed by atoms with Crippen LogP contribution < -0.4 is 14.4 Å². The average Bonchev–Trinajstić information content (AvgIpc) is 2.66. The number of rotatable bonds is 8. The SMILES string of the molecule is COc1ccc(C)cc1N([C@H](C)C(=O)N[C@H](C)c1ccc(S(C)(=O)=O)cc1)S(C)(=O)=O. The first kappa shape index (κ1) is 24.7. The van der Waals surface area contributed by atoms with Gasteiger partial charge in [-0.25, -0.2) is 16.8 Å². The van der Waals surface area contributed by atoms with Gasteiger partial charge in [0.2, 0.25) is 15.9 Å². The number of sulfonamides is 1. The highest BCUT2D eigenvalue weighted by Crippen LogP contribution is 2.32. The number of ether oxygens (including phenoxy) is 1. The van der Waals surface area contributed by atoms with Crippen molar-refractivity contribution >= 4 is 31.5 Å². The second-order valence-corrected chi connectivity index (χ2v) is 11.4. The van der Waals surface area contributed by atoms with Crippen molar-refractivity contribution in [2.75, 3.05) is 23.9 Å². The second-order valence-electron chi connectivity index (χ2n) is 7.48. The van der Waals surface area contributed by atoms with Crippen molar-refractivity contribution < 1.29 is 26.4 Å². The molecule has 2 atom stereocenters. The zero-order chi connectivity index (χ0) is 23.6. The van der Waals surface area contributed by atoms with E-state index in [2.05, 4.69) is 5.32 Å². The number of hydrogen-bond acceptors (Lipinski definition) is 6. The molecular weight excluding hydrogens is 440 g/mol. The summed E-state index contributed by atoms with van der Waals surface area (Å²) in [5.74, 6) is -0.172. The molecule has 8 nitrogen and oxygen atoms in total. The number of aryl methyl sites for hydroxylation is 1. The van der Waals surface area contributed by atoms with E-state index in [0.717, 1.165) is 22.4 Å². The van der Waals surface area contributed by atoms with Gasteiger partial charge >= 0.3 is 0 Å². The van der Waals surface area contributed by atoms with E-state index in [-0.39, 0.29) is 10.6 Å². The van der Waals surface area contributed by atoms with E-state index in [0.29, 0.717) is 11.3 Å². The quantitative estimate of drug-likeness (QED) is 0.637. The van der Waals surface area contributed by atoms with Crippen molar-refractivity contribution in [3.63, 3.8) is 0 Å². The minimum absolute atomic E-state index is 0.179. The van der Waals surface area contributed by atoms with Crippen molar-refractivity contribution in [1.82, 2.24) is 5.32 Å². The van der Waals surface area contributed by atoms with Crippen LogP contribution in [0.1, 0.15) is 31.0 Å². The molecule has 2 aromatic rings. The van der Waals surface area contributed by atoms with Crippen LogP contribution in [0.3, 0.4) is 0 Å². The van der Waals surface area contributed by atoms with Crippen LogP contribution in [0.15, 0.2) is 47.4 Å². The normalized spacial score (nSPS) is 13.9. The number of nitrogens with zero attached hydrogens (tertiary/aromatic N) is 1. The standard InChI is InChI=1S/C21H28N2O6S2/c1-14-7-12-20(29-4)19(13-14)23(31(6,27)28)16(3)21(24)22-15(2)17-8-10-18(11-9-17)30(5,25)26/h7-13,15-16H,1-6H3,(H,22,24)/t15-,16-/m1/s1. The molecule has 1 N–H and O–H groups in total. The van der Waals surface area contributed by atoms with Gasteiger partial charge in [-0.15, -0.1) is 0 Å². The first-order chi connectivity index (χ1) is 14.3. The lowest BCUT2D eigenvalue weighted by molar-refractivity contribution is -0.122. The molecule has 0 aliphatic rings. The van der Waals surface area contributed by atoms with Crippen molar-refractivity contribution in [1.29, 1.82) is 0 Å². The summed E-state index contributed by atoms with van der Waals surface area (Å²) >= 11 is 0. The lowest BCUT2D eigenvalue weighted by Crippen LogP contribution is -2.48. The Labute approximate surface area is 184 Å². The first-order valence-corrected chi connectivity index (χ1v) is 13.2. The maximum Gasteiger partial charge on any atom is 0.244 e. The highest BCUT2D eigenvalue weighted by Gasteiger charge is 2.32. The van der Waals surface area contributed by atoms with Gasteiger partial charge in [-0.2, -0.15) is 0 Å². The smallest absolute Gasteiger partial charge is 0.244 e. The van der Waals surface area contributed by atoms with Crippen LogP contribution in [-0.2, 0) is 24.7 Å². The Morgan fingerprint density at radius 3 is 2.06 bits per heavy atom. The fraction of sp³-hybridized carbons (Fsp3) is 0.381. The summed E-state index contributed by atoms with van der Waals surface area (Å²) in [7, 11) is -5.70. The molecule has 2 aromatic carbocycles. The maximum atomic E-state index is 12.9. The number of carbonyl (C=O) groups excluding carboxylic acids is 1. The third-order valence-electron chi connectivity index (χ3n) is 4.83. The highest BCUT2D eigenvalue weighted by atomic mass is 32.2. The molecule has 0 heterocycles. The summed E-state index contributed by atoms with van der Waals surface area (Å²) in [5.41, 5.74) is 1.78. The van der Waals surface area contributed by atoms with Crippen molar-refractivity contribution in [3.8, 4) is 5.75 Å². The van der Waals surface area contributed by atoms with Crippen LogP contribution in [0.25, 0.3) is 0 Å². The number of hydrogen-bond donors (Lipinski definition) is 1. The Morgan fingerprint density at radius 2 is 1.58 bits per heavy atom. The number of anilines is 1. The van der Waals surface area contributed by atoms with E-state index in [4.69, 9.17) is 4.74 Å². The van der Waals surface area contributed by atoms with Gasteiger partial charge in [-0.1, -0.05) is 18.2 Å². The number of nitrogens with one attached hydrogen (secondary N) is 1.